The van der Waals surface area contributed by atoms with Crippen LogP contribution in [0.25, 0.3) is 0 Å². The molecule has 0 aliphatic rings. The molecule has 1 atom stereocenters. The van der Waals surface area contributed by atoms with E-state index in [9.17, 15) is 9.59 Å². The molecule has 0 spiro atoms. The molecule has 116 valence electrons. The Morgan fingerprint density at radius 2 is 2.18 bits per heavy atom. The van der Waals surface area contributed by atoms with Crippen LogP contribution >= 0.6 is 23.4 Å². The number of thioether (sulfide) groups is 1. The van der Waals surface area contributed by atoms with Gasteiger partial charge in [0, 0.05) is 10.7 Å². The van der Waals surface area contributed by atoms with Crippen LogP contribution in [-0.2, 0) is 4.79 Å². The first-order valence-corrected chi connectivity index (χ1v) is 7.58. The third kappa shape index (κ3) is 3.77. The summed E-state index contributed by atoms with van der Waals surface area (Å²) < 4.78 is 0.885. The summed E-state index contributed by atoms with van der Waals surface area (Å²) in [5.41, 5.74) is 0.341. The highest BCUT2D eigenvalue weighted by atomic mass is 35.5. The molecule has 0 aliphatic heterocycles. The topological polar surface area (TPSA) is 103 Å². The lowest BCUT2D eigenvalue weighted by atomic mass is 10.3. The van der Waals surface area contributed by atoms with Gasteiger partial charge in [-0.3, -0.25) is 9.59 Å². The van der Waals surface area contributed by atoms with Crippen molar-refractivity contribution in [3.05, 3.63) is 45.3 Å². The van der Waals surface area contributed by atoms with Crippen LogP contribution < -0.4 is 16.7 Å². The van der Waals surface area contributed by atoms with Gasteiger partial charge >= 0.3 is 0 Å². The number of carbonyl (C=O) groups excluding carboxylic acids is 1. The summed E-state index contributed by atoms with van der Waals surface area (Å²) in [6.45, 7) is 3.19. The second-order valence-electron chi connectivity index (χ2n) is 4.50. The summed E-state index contributed by atoms with van der Waals surface area (Å²) in [6, 6.07) is 6.82. The normalized spacial score (nSPS) is 12.0. The number of nitrogens with zero attached hydrogens (tertiary/aromatic N) is 3. The predicted molar refractivity (Wildman–Crippen MR) is 86.6 cm³/mol. The number of nitrogens with one attached hydrogen (secondary N) is 1. The highest BCUT2D eigenvalue weighted by molar-refractivity contribution is 8.00. The molecule has 1 amide bonds. The van der Waals surface area contributed by atoms with E-state index >= 15 is 0 Å². The molecule has 1 heterocycles. The number of hydrogen-bond acceptors (Lipinski definition) is 6. The molecule has 2 aromatic rings. The van der Waals surface area contributed by atoms with Crippen molar-refractivity contribution >= 4 is 35.0 Å². The Bertz CT molecular complexity index is 764. The van der Waals surface area contributed by atoms with E-state index in [0.717, 1.165) is 16.4 Å². The number of rotatable bonds is 4. The van der Waals surface area contributed by atoms with Crippen LogP contribution in [0, 0.1) is 6.92 Å². The molecule has 0 unspecified atom stereocenters. The van der Waals surface area contributed by atoms with Gasteiger partial charge in [0.1, 0.15) is 5.69 Å². The molecular formula is C13H14ClN5O2S. The number of aryl methyl sites for hydroxylation is 1. The fraction of sp³-hybridized carbons (Fsp3) is 0.231. The van der Waals surface area contributed by atoms with Crippen molar-refractivity contribution < 1.29 is 4.79 Å². The number of amides is 1. The van der Waals surface area contributed by atoms with Gasteiger partial charge in [0.05, 0.1) is 5.25 Å². The van der Waals surface area contributed by atoms with E-state index in [4.69, 9.17) is 17.4 Å². The Hall–Kier alpha value is -2.06. The lowest BCUT2D eigenvalue weighted by Gasteiger charge is -2.12. The smallest absolute Gasteiger partial charge is 0.294 e. The van der Waals surface area contributed by atoms with Crippen molar-refractivity contribution in [2.24, 2.45) is 0 Å². The van der Waals surface area contributed by atoms with Crippen LogP contribution in [-0.4, -0.2) is 26.0 Å². The van der Waals surface area contributed by atoms with Crippen molar-refractivity contribution in [1.82, 2.24) is 14.9 Å². The van der Waals surface area contributed by atoms with Gasteiger partial charge in [-0.15, -0.1) is 10.2 Å². The molecule has 0 saturated carbocycles. The molecule has 2 rings (SSSR count). The van der Waals surface area contributed by atoms with Gasteiger partial charge in [0.25, 0.3) is 5.56 Å². The minimum atomic E-state index is -0.523. The molecule has 0 radical (unpaired) electrons. The van der Waals surface area contributed by atoms with Gasteiger partial charge in [-0.2, -0.15) is 4.68 Å². The van der Waals surface area contributed by atoms with Gasteiger partial charge in [0.2, 0.25) is 11.1 Å². The molecule has 0 bridgehead atoms. The minimum absolute atomic E-state index is 0.171. The predicted octanol–water partition coefficient (Wildman–Crippen LogP) is 1.43. The second kappa shape index (κ2) is 6.80. The third-order valence-corrected chi connectivity index (χ3v) is 4.06. The van der Waals surface area contributed by atoms with E-state index in [-0.39, 0.29) is 16.8 Å². The zero-order chi connectivity index (χ0) is 16.3. The van der Waals surface area contributed by atoms with Crippen LogP contribution in [0.15, 0.2) is 34.2 Å². The standard InChI is InChI=1S/C13H14ClN5O2S/c1-7-12(21)19(15)13(18-17-7)22-8(2)11(20)16-10-5-3-4-9(14)6-10/h3-6,8H,15H2,1-2H3,(H,16,20)/t8-/m0/s1. The molecule has 7 nitrogen and oxygen atoms in total. The van der Waals surface area contributed by atoms with Crippen LogP contribution in [0.3, 0.4) is 0 Å². The quantitative estimate of drug-likeness (QED) is 0.645. The van der Waals surface area contributed by atoms with Crippen molar-refractivity contribution in [1.29, 1.82) is 0 Å². The number of carbonyl (C=O) groups is 1. The summed E-state index contributed by atoms with van der Waals surface area (Å²) in [5, 5.41) is 10.4. The fourth-order valence-electron chi connectivity index (χ4n) is 1.57. The Kier molecular flexibility index (Phi) is 5.04. The Balaban J connectivity index is 2.09. The van der Waals surface area contributed by atoms with Gasteiger partial charge in [-0.25, -0.2) is 0 Å². The molecule has 0 aliphatic carbocycles. The number of hydrogen-bond donors (Lipinski definition) is 2. The molecule has 0 saturated heterocycles. The molecular weight excluding hydrogens is 326 g/mol. The largest absolute Gasteiger partial charge is 0.334 e. The zero-order valence-electron chi connectivity index (χ0n) is 11.9. The summed E-state index contributed by atoms with van der Waals surface area (Å²) in [5.74, 6) is 5.37. The number of anilines is 1. The van der Waals surface area contributed by atoms with Crippen LogP contribution in [0.5, 0.6) is 0 Å². The lowest BCUT2D eigenvalue weighted by Crippen LogP contribution is -2.33. The summed E-state index contributed by atoms with van der Waals surface area (Å²) in [4.78, 5) is 23.8. The number of nitrogens with two attached hydrogens (primary N) is 1. The second-order valence-corrected chi connectivity index (χ2v) is 6.25. The van der Waals surface area contributed by atoms with Crippen LogP contribution in [0.4, 0.5) is 5.69 Å². The first kappa shape index (κ1) is 16.3. The van der Waals surface area contributed by atoms with E-state index < -0.39 is 10.8 Å². The van der Waals surface area contributed by atoms with Crippen molar-refractivity contribution in [3.8, 4) is 0 Å². The summed E-state index contributed by atoms with van der Waals surface area (Å²) in [6.07, 6.45) is 0. The third-order valence-electron chi connectivity index (χ3n) is 2.76. The monoisotopic (exact) mass is 339 g/mol. The average Bonchev–Trinajstić information content (AvgIpc) is 2.47. The Morgan fingerprint density at radius 1 is 1.45 bits per heavy atom. The van der Waals surface area contributed by atoms with Crippen molar-refractivity contribution in [3.63, 3.8) is 0 Å². The van der Waals surface area contributed by atoms with Crippen LogP contribution in [0.2, 0.25) is 5.02 Å². The maximum absolute atomic E-state index is 12.1. The SMILES string of the molecule is Cc1nnc(S[C@@H](C)C(=O)Nc2cccc(Cl)c2)n(N)c1=O. The highest BCUT2D eigenvalue weighted by Crippen LogP contribution is 2.21. The lowest BCUT2D eigenvalue weighted by molar-refractivity contribution is -0.115. The van der Waals surface area contributed by atoms with E-state index in [1.807, 2.05) is 0 Å². The first-order valence-electron chi connectivity index (χ1n) is 6.33. The maximum atomic E-state index is 12.1. The van der Waals surface area contributed by atoms with Gasteiger partial charge < -0.3 is 11.2 Å². The molecule has 1 aromatic heterocycles. The molecule has 22 heavy (non-hydrogen) atoms. The van der Waals surface area contributed by atoms with E-state index in [1.165, 1.54) is 6.92 Å². The Labute approximate surface area is 135 Å². The van der Waals surface area contributed by atoms with Crippen LogP contribution in [0.1, 0.15) is 12.6 Å². The van der Waals surface area contributed by atoms with Gasteiger partial charge in [0.15, 0.2) is 0 Å². The van der Waals surface area contributed by atoms with E-state index in [2.05, 4.69) is 15.5 Å². The van der Waals surface area contributed by atoms with E-state index in [0.29, 0.717) is 10.7 Å². The molecule has 0 fully saturated rings. The zero-order valence-corrected chi connectivity index (χ0v) is 13.5. The minimum Gasteiger partial charge on any atom is -0.334 e. The molecule has 3 N–H and O–H groups in total. The van der Waals surface area contributed by atoms with Crippen molar-refractivity contribution in [2.75, 3.05) is 11.2 Å². The number of aromatic nitrogens is 3. The molecule has 9 heteroatoms. The number of halogens is 1. The Morgan fingerprint density at radius 3 is 2.86 bits per heavy atom. The number of nitrogen functional groups attached to an aromatic ring is 1. The van der Waals surface area contributed by atoms with Gasteiger partial charge in [-0.05, 0) is 32.0 Å². The maximum Gasteiger partial charge on any atom is 0.294 e. The fourth-order valence-corrected chi connectivity index (χ4v) is 2.53. The number of benzene rings is 1. The molecule has 1 aromatic carbocycles. The highest BCUT2D eigenvalue weighted by Gasteiger charge is 2.18. The average molecular weight is 340 g/mol. The summed E-state index contributed by atoms with van der Waals surface area (Å²) >= 11 is 6.91. The van der Waals surface area contributed by atoms with E-state index in [1.54, 1.807) is 31.2 Å². The van der Waals surface area contributed by atoms with Crippen molar-refractivity contribution in [2.45, 2.75) is 24.3 Å². The first-order chi connectivity index (χ1) is 10.4. The van der Waals surface area contributed by atoms with Gasteiger partial charge in [-0.1, -0.05) is 29.4 Å². The summed E-state index contributed by atoms with van der Waals surface area (Å²) in [7, 11) is 0.